The third-order valence-electron chi connectivity index (χ3n) is 4.05. The molecule has 1 aromatic rings. The Balaban J connectivity index is 1.88. The zero-order chi connectivity index (χ0) is 13.6. The summed E-state index contributed by atoms with van der Waals surface area (Å²) in [7, 11) is 0. The number of aliphatic hydroxyl groups excluding tert-OH is 2. The minimum atomic E-state index is -0.726. The smallest absolute Gasteiger partial charge is 0.276 e. The number of aliphatic hydroxyl groups is 2. The number of amides is 1. The van der Waals surface area contributed by atoms with Crippen molar-refractivity contribution < 1.29 is 19.4 Å². The summed E-state index contributed by atoms with van der Waals surface area (Å²) in [6.07, 6.45) is 3.12. The number of oxazole rings is 1. The summed E-state index contributed by atoms with van der Waals surface area (Å²) in [5.74, 6) is 0.685. The fourth-order valence-electron chi connectivity index (χ4n) is 2.77. The van der Waals surface area contributed by atoms with E-state index >= 15 is 0 Å². The number of carbonyl (C=O) groups excluding carboxylic acids is 1. The third kappa shape index (κ3) is 2.04. The topological polar surface area (TPSA) is 86.8 Å². The first kappa shape index (κ1) is 12.6. The van der Waals surface area contributed by atoms with E-state index in [1.165, 1.54) is 11.3 Å². The van der Waals surface area contributed by atoms with Crippen molar-refractivity contribution in [1.29, 1.82) is 0 Å². The lowest BCUT2D eigenvalue weighted by Gasteiger charge is -2.32. The zero-order valence-corrected chi connectivity index (χ0v) is 10.9. The molecule has 6 nitrogen and oxygen atoms in total. The summed E-state index contributed by atoms with van der Waals surface area (Å²) in [5, 5.41) is 19.3. The normalized spacial score (nSPS) is 30.9. The fraction of sp³-hybridized carbons (Fsp3) is 0.692. The van der Waals surface area contributed by atoms with Gasteiger partial charge in [-0.05, 0) is 19.8 Å². The standard InChI is InChI=1S/C13H18N2O4/c1-13(6-16)4-9(17)5-15(13)12(18)10-11(8-2-3-8)19-7-14-10/h7-9,16-17H,2-6H2,1H3. The molecular weight excluding hydrogens is 248 g/mol. The molecule has 2 atom stereocenters. The molecule has 1 amide bonds. The molecule has 2 heterocycles. The van der Waals surface area contributed by atoms with Crippen LogP contribution in [0.15, 0.2) is 10.8 Å². The third-order valence-corrected chi connectivity index (χ3v) is 4.05. The predicted molar refractivity (Wildman–Crippen MR) is 65.6 cm³/mol. The Morgan fingerprint density at radius 1 is 1.63 bits per heavy atom. The zero-order valence-electron chi connectivity index (χ0n) is 10.9. The van der Waals surface area contributed by atoms with Crippen molar-refractivity contribution in [3.63, 3.8) is 0 Å². The average molecular weight is 266 g/mol. The van der Waals surface area contributed by atoms with Crippen LogP contribution in [0.4, 0.5) is 0 Å². The molecular formula is C13H18N2O4. The van der Waals surface area contributed by atoms with Gasteiger partial charge in [-0.3, -0.25) is 4.79 Å². The van der Waals surface area contributed by atoms with Gasteiger partial charge in [0, 0.05) is 18.9 Å². The van der Waals surface area contributed by atoms with Gasteiger partial charge >= 0.3 is 0 Å². The maximum Gasteiger partial charge on any atom is 0.276 e. The van der Waals surface area contributed by atoms with Gasteiger partial charge in [-0.25, -0.2) is 4.98 Å². The molecule has 2 N–H and O–H groups in total. The van der Waals surface area contributed by atoms with Crippen LogP contribution in [-0.2, 0) is 0 Å². The van der Waals surface area contributed by atoms with Gasteiger partial charge in [-0.1, -0.05) is 0 Å². The first-order valence-electron chi connectivity index (χ1n) is 6.59. The monoisotopic (exact) mass is 266 g/mol. The largest absolute Gasteiger partial charge is 0.447 e. The minimum absolute atomic E-state index is 0.174. The number of β-amino-alcohol motifs (C(OH)–C–C–N with tert-alkyl or cyclic N) is 1. The van der Waals surface area contributed by atoms with Gasteiger partial charge < -0.3 is 19.5 Å². The van der Waals surface area contributed by atoms with E-state index in [1.807, 2.05) is 0 Å². The average Bonchev–Trinajstić information content (AvgIpc) is 3.03. The highest BCUT2D eigenvalue weighted by Crippen LogP contribution is 2.42. The molecule has 1 saturated heterocycles. The van der Waals surface area contributed by atoms with E-state index in [9.17, 15) is 15.0 Å². The number of nitrogens with zero attached hydrogens (tertiary/aromatic N) is 2. The van der Waals surface area contributed by atoms with Crippen molar-refractivity contribution in [3.05, 3.63) is 17.8 Å². The van der Waals surface area contributed by atoms with Crippen LogP contribution in [0.5, 0.6) is 0 Å². The van der Waals surface area contributed by atoms with Gasteiger partial charge in [0.25, 0.3) is 5.91 Å². The summed E-state index contributed by atoms with van der Waals surface area (Å²) in [5.41, 5.74) is -0.396. The van der Waals surface area contributed by atoms with Gasteiger partial charge in [0.2, 0.25) is 0 Å². The van der Waals surface area contributed by atoms with Crippen molar-refractivity contribution in [3.8, 4) is 0 Å². The molecule has 1 aliphatic heterocycles. The first-order chi connectivity index (χ1) is 9.05. The second-order valence-corrected chi connectivity index (χ2v) is 5.77. The maximum absolute atomic E-state index is 12.6. The highest BCUT2D eigenvalue weighted by Gasteiger charge is 2.46. The van der Waals surface area contributed by atoms with Crippen LogP contribution in [0.1, 0.15) is 48.4 Å². The van der Waals surface area contributed by atoms with Gasteiger partial charge in [0.15, 0.2) is 12.1 Å². The van der Waals surface area contributed by atoms with Crippen LogP contribution in [0.3, 0.4) is 0 Å². The number of rotatable bonds is 3. The van der Waals surface area contributed by atoms with Gasteiger partial charge in [-0.15, -0.1) is 0 Å². The number of carbonyl (C=O) groups is 1. The molecule has 0 spiro atoms. The Bertz CT molecular complexity index is 497. The molecule has 6 heteroatoms. The molecule has 2 fully saturated rings. The fourth-order valence-corrected chi connectivity index (χ4v) is 2.77. The van der Waals surface area contributed by atoms with Crippen LogP contribution < -0.4 is 0 Å². The summed E-state index contributed by atoms with van der Waals surface area (Å²) in [4.78, 5) is 18.1. The molecule has 0 bridgehead atoms. The molecule has 0 radical (unpaired) electrons. The van der Waals surface area contributed by atoms with Gasteiger partial charge in [0.1, 0.15) is 5.76 Å². The van der Waals surface area contributed by atoms with Crippen molar-refractivity contribution in [2.75, 3.05) is 13.2 Å². The predicted octanol–water partition coefficient (Wildman–Crippen LogP) is 0.510. The number of hydrogen-bond donors (Lipinski definition) is 2. The second kappa shape index (κ2) is 4.31. The summed E-state index contributed by atoms with van der Waals surface area (Å²) in [6.45, 7) is 1.83. The highest BCUT2D eigenvalue weighted by atomic mass is 16.3. The molecule has 1 saturated carbocycles. The number of hydrogen-bond acceptors (Lipinski definition) is 5. The van der Waals surface area contributed by atoms with Crippen LogP contribution in [0.25, 0.3) is 0 Å². The van der Waals surface area contributed by atoms with Gasteiger partial charge in [-0.2, -0.15) is 0 Å². The molecule has 0 aromatic carbocycles. The van der Waals surface area contributed by atoms with E-state index in [0.717, 1.165) is 12.8 Å². The lowest BCUT2D eigenvalue weighted by molar-refractivity contribution is 0.0465. The molecule has 1 aliphatic carbocycles. The van der Waals surface area contributed by atoms with Crippen molar-refractivity contribution in [2.45, 2.75) is 43.7 Å². The van der Waals surface area contributed by atoms with E-state index in [1.54, 1.807) is 6.92 Å². The highest BCUT2D eigenvalue weighted by molar-refractivity contribution is 5.94. The molecule has 1 aromatic heterocycles. The van der Waals surface area contributed by atoms with Crippen LogP contribution in [0.2, 0.25) is 0 Å². The lowest BCUT2D eigenvalue weighted by Crippen LogP contribution is -2.48. The Labute approximate surface area is 111 Å². The maximum atomic E-state index is 12.6. The molecule has 104 valence electrons. The van der Waals surface area contributed by atoms with Crippen molar-refractivity contribution in [2.24, 2.45) is 0 Å². The van der Waals surface area contributed by atoms with Crippen LogP contribution >= 0.6 is 0 Å². The van der Waals surface area contributed by atoms with E-state index in [-0.39, 0.29) is 19.1 Å². The summed E-state index contributed by atoms with van der Waals surface area (Å²) in [6, 6.07) is 0. The molecule has 19 heavy (non-hydrogen) atoms. The SMILES string of the molecule is CC1(CO)CC(O)CN1C(=O)c1ncoc1C1CC1. The minimum Gasteiger partial charge on any atom is -0.447 e. The number of aromatic nitrogens is 1. The quantitative estimate of drug-likeness (QED) is 0.832. The summed E-state index contributed by atoms with van der Waals surface area (Å²) >= 11 is 0. The second-order valence-electron chi connectivity index (χ2n) is 5.77. The Kier molecular flexibility index (Phi) is 2.87. The first-order valence-corrected chi connectivity index (χ1v) is 6.59. The van der Waals surface area contributed by atoms with E-state index in [0.29, 0.717) is 23.8 Å². The van der Waals surface area contributed by atoms with E-state index in [4.69, 9.17) is 4.42 Å². The molecule has 2 unspecified atom stereocenters. The van der Waals surface area contributed by atoms with Crippen molar-refractivity contribution >= 4 is 5.91 Å². The van der Waals surface area contributed by atoms with Crippen molar-refractivity contribution in [1.82, 2.24) is 9.88 Å². The van der Waals surface area contributed by atoms with Gasteiger partial charge in [0.05, 0.1) is 18.2 Å². The molecule has 3 rings (SSSR count). The molecule has 2 aliphatic rings. The van der Waals surface area contributed by atoms with Crippen LogP contribution in [-0.4, -0.2) is 50.8 Å². The Hall–Kier alpha value is -1.40. The lowest BCUT2D eigenvalue weighted by atomic mass is 9.99. The van der Waals surface area contributed by atoms with E-state index in [2.05, 4.69) is 4.98 Å². The summed E-state index contributed by atoms with van der Waals surface area (Å²) < 4.78 is 5.31. The number of likely N-dealkylation sites (tertiary alicyclic amines) is 1. The van der Waals surface area contributed by atoms with E-state index < -0.39 is 11.6 Å². The Morgan fingerprint density at radius 2 is 2.37 bits per heavy atom. The van der Waals surface area contributed by atoms with Crippen LogP contribution in [0, 0.1) is 0 Å². The Morgan fingerprint density at radius 3 is 3.00 bits per heavy atom.